The molecule has 0 fully saturated rings. The highest BCUT2D eigenvalue weighted by Gasteiger charge is 2.36. The summed E-state index contributed by atoms with van der Waals surface area (Å²) in [5.41, 5.74) is 1.06. The molecule has 0 saturated heterocycles. The molecule has 0 spiro atoms. The van der Waals surface area contributed by atoms with Crippen molar-refractivity contribution in [2.75, 3.05) is 6.61 Å². The summed E-state index contributed by atoms with van der Waals surface area (Å²) < 4.78 is 54.4. The van der Waals surface area contributed by atoms with Crippen LogP contribution in [-0.2, 0) is 30.7 Å². The van der Waals surface area contributed by atoms with Crippen LogP contribution in [0.15, 0.2) is 85.2 Å². The second-order valence-corrected chi connectivity index (χ2v) is 9.20. The molecule has 0 aliphatic heterocycles. The van der Waals surface area contributed by atoms with Crippen LogP contribution < -0.4 is 14.8 Å². The molecule has 4 rings (SSSR count). The Bertz CT molecular complexity index is 1570. The molecule has 0 aliphatic rings. The van der Waals surface area contributed by atoms with Crippen LogP contribution in [0.3, 0.4) is 0 Å². The fourth-order valence-electron chi connectivity index (χ4n) is 4.23. The molecule has 0 amide bonds. The monoisotopic (exact) mass is 577 g/mol. The van der Waals surface area contributed by atoms with Gasteiger partial charge < -0.3 is 19.7 Å². The number of benzene rings is 3. The number of aromatic nitrogens is 1. The van der Waals surface area contributed by atoms with E-state index in [9.17, 15) is 28.2 Å². The molecule has 0 saturated carbocycles. The number of nitrogens with one attached hydrogen (secondary N) is 1. The Balaban J connectivity index is 1.60. The molecule has 3 aromatic carbocycles. The second-order valence-electron chi connectivity index (χ2n) is 9.20. The molecule has 1 aromatic heterocycles. The molecule has 1 heterocycles. The fourth-order valence-corrected chi connectivity index (χ4v) is 4.23. The highest BCUT2D eigenvalue weighted by atomic mass is 19.4. The number of nitrogens with zero attached hydrogens (tertiary/aromatic N) is 2. The van der Waals surface area contributed by atoms with Crippen molar-refractivity contribution >= 4 is 5.97 Å². The maximum atomic E-state index is 14.2. The van der Waals surface area contributed by atoms with Crippen molar-refractivity contribution in [1.82, 2.24) is 10.3 Å². The summed E-state index contributed by atoms with van der Waals surface area (Å²) in [6, 6.07) is 19.6. The Morgan fingerprint density at radius 3 is 2.45 bits per heavy atom. The standard InChI is InChI=1S/C31H26F3N3O5/c32-31(33,34)29-24(7-4-8-26(29)22-5-2-1-3-6-22)19-41-25-10-9-23(16-37-27(17-38)30(39)40)28(12-25)42-18-21-11-20(13-35)14-36-15-21/h1-12,14-15,27,37-38H,16-19H2,(H,39,40)/t27-/m0/s1. The van der Waals surface area contributed by atoms with Crippen molar-refractivity contribution < 1.29 is 37.7 Å². The van der Waals surface area contributed by atoms with Crippen LogP contribution in [0.2, 0.25) is 0 Å². The van der Waals surface area contributed by atoms with Crippen molar-refractivity contribution in [3.63, 3.8) is 0 Å². The van der Waals surface area contributed by atoms with Gasteiger partial charge in [0.05, 0.1) is 17.7 Å². The van der Waals surface area contributed by atoms with Crippen LogP contribution in [0.25, 0.3) is 11.1 Å². The smallest absolute Gasteiger partial charge is 0.417 e. The first kappa shape index (κ1) is 30.0. The van der Waals surface area contributed by atoms with Gasteiger partial charge in [0, 0.05) is 41.7 Å². The van der Waals surface area contributed by atoms with E-state index in [0.29, 0.717) is 22.3 Å². The third-order valence-electron chi connectivity index (χ3n) is 6.29. The van der Waals surface area contributed by atoms with Gasteiger partial charge in [0.1, 0.15) is 36.8 Å². The summed E-state index contributed by atoms with van der Waals surface area (Å²) in [4.78, 5) is 15.3. The number of carboxylic acid groups (broad SMARTS) is 1. The first-order valence-electron chi connectivity index (χ1n) is 12.7. The van der Waals surface area contributed by atoms with Crippen LogP contribution in [0.4, 0.5) is 13.2 Å². The number of halogens is 3. The number of aliphatic hydroxyl groups excluding tert-OH is 1. The molecule has 0 aliphatic carbocycles. The number of alkyl halides is 3. The number of rotatable bonds is 12. The van der Waals surface area contributed by atoms with Crippen LogP contribution in [-0.4, -0.2) is 33.8 Å². The van der Waals surface area contributed by atoms with Crippen LogP contribution in [0.1, 0.15) is 27.8 Å². The number of carboxylic acids is 1. The van der Waals surface area contributed by atoms with Crippen molar-refractivity contribution in [2.24, 2.45) is 0 Å². The summed E-state index contributed by atoms with van der Waals surface area (Å²) in [5.74, 6) is -0.760. The highest BCUT2D eigenvalue weighted by molar-refractivity contribution is 5.73. The van der Waals surface area contributed by atoms with Crippen LogP contribution in [0.5, 0.6) is 11.5 Å². The zero-order valence-electron chi connectivity index (χ0n) is 22.1. The van der Waals surface area contributed by atoms with E-state index < -0.39 is 30.4 Å². The lowest BCUT2D eigenvalue weighted by Crippen LogP contribution is -2.39. The minimum Gasteiger partial charge on any atom is -0.489 e. The fraction of sp³-hybridized carbons (Fsp3) is 0.194. The molecule has 0 bridgehead atoms. The topological polar surface area (TPSA) is 125 Å². The van der Waals surface area contributed by atoms with Gasteiger partial charge in [-0.1, -0.05) is 54.6 Å². The van der Waals surface area contributed by atoms with Gasteiger partial charge >= 0.3 is 12.1 Å². The number of carbonyl (C=O) groups is 1. The molecule has 11 heteroatoms. The summed E-state index contributed by atoms with van der Waals surface area (Å²) in [5, 5.41) is 30.4. The van der Waals surface area contributed by atoms with E-state index >= 15 is 0 Å². The van der Waals surface area contributed by atoms with Gasteiger partial charge in [0.15, 0.2) is 0 Å². The molecular formula is C31H26F3N3O5. The molecule has 8 nitrogen and oxygen atoms in total. The summed E-state index contributed by atoms with van der Waals surface area (Å²) in [7, 11) is 0. The summed E-state index contributed by atoms with van der Waals surface area (Å²) in [6.45, 7) is -1.02. The number of nitriles is 1. The Labute approximate surface area is 239 Å². The van der Waals surface area contributed by atoms with Crippen molar-refractivity contribution in [3.05, 3.63) is 113 Å². The van der Waals surface area contributed by atoms with E-state index in [0.717, 1.165) is 0 Å². The molecule has 0 unspecified atom stereocenters. The van der Waals surface area contributed by atoms with Gasteiger partial charge in [-0.25, -0.2) is 0 Å². The van der Waals surface area contributed by atoms with Crippen molar-refractivity contribution in [2.45, 2.75) is 32.0 Å². The number of pyridine rings is 1. The van der Waals surface area contributed by atoms with Gasteiger partial charge in [-0.3, -0.25) is 15.1 Å². The zero-order chi connectivity index (χ0) is 30.1. The Morgan fingerprint density at radius 1 is 0.976 bits per heavy atom. The maximum absolute atomic E-state index is 14.2. The molecule has 1 atom stereocenters. The molecular weight excluding hydrogens is 551 g/mol. The van der Waals surface area contributed by atoms with E-state index in [4.69, 9.17) is 14.7 Å². The number of hydrogen-bond acceptors (Lipinski definition) is 7. The quantitative estimate of drug-likeness (QED) is 0.206. The van der Waals surface area contributed by atoms with Gasteiger partial charge in [-0.05, 0) is 23.3 Å². The Kier molecular flexibility index (Phi) is 9.75. The predicted molar refractivity (Wildman–Crippen MR) is 146 cm³/mol. The number of hydrogen-bond donors (Lipinski definition) is 3. The average molecular weight is 578 g/mol. The average Bonchev–Trinajstić information content (AvgIpc) is 2.99. The maximum Gasteiger partial charge on any atom is 0.417 e. The minimum absolute atomic E-state index is 0.000960. The van der Waals surface area contributed by atoms with E-state index in [-0.39, 0.29) is 42.4 Å². The van der Waals surface area contributed by atoms with E-state index in [1.54, 1.807) is 48.5 Å². The van der Waals surface area contributed by atoms with Crippen molar-refractivity contribution in [3.8, 4) is 28.7 Å². The van der Waals surface area contributed by atoms with Gasteiger partial charge in [0.25, 0.3) is 0 Å². The molecule has 3 N–H and O–H groups in total. The Hall–Kier alpha value is -4.92. The first-order chi connectivity index (χ1) is 20.2. The molecule has 42 heavy (non-hydrogen) atoms. The normalized spacial score (nSPS) is 11.9. The number of ether oxygens (including phenoxy) is 2. The lowest BCUT2D eigenvalue weighted by Gasteiger charge is -2.19. The molecule has 4 aromatic rings. The molecule has 216 valence electrons. The Morgan fingerprint density at radius 2 is 1.76 bits per heavy atom. The summed E-state index contributed by atoms with van der Waals surface area (Å²) >= 11 is 0. The van der Waals surface area contributed by atoms with Crippen LogP contribution >= 0.6 is 0 Å². The van der Waals surface area contributed by atoms with E-state index in [2.05, 4.69) is 10.3 Å². The van der Waals surface area contributed by atoms with Gasteiger partial charge in [-0.15, -0.1) is 0 Å². The minimum atomic E-state index is -4.63. The third kappa shape index (κ3) is 7.63. The molecule has 0 radical (unpaired) electrons. The lowest BCUT2D eigenvalue weighted by molar-refractivity contribution is -0.140. The highest BCUT2D eigenvalue weighted by Crippen LogP contribution is 2.40. The van der Waals surface area contributed by atoms with Crippen molar-refractivity contribution in [1.29, 1.82) is 5.26 Å². The van der Waals surface area contributed by atoms with E-state index in [1.165, 1.54) is 36.7 Å². The zero-order valence-corrected chi connectivity index (χ0v) is 22.1. The number of aliphatic carboxylic acids is 1. The largest absolute Gasteiger partial charge is 0.489 e. The first-order valence-corrected chi connectivity index (χ1v) is 12.7. The third-order valence-corrected chi connectivity index (χ3v) is 6.29. The van der Waals surface area contributed by atoms with Gasteiger partial charge in [0.2, 0.25) is 0 Å². The van der Waals surface area contributed by atoms with Gasteiger partial charge in [-0.2, -0.15) is 18.4 Å². The predicted octanol–water partition coefficient (Wildman–Crippen LogP) is 5.33. The second kappa shape index (κ2) is 13.6. The number of aliphatic hydroxyl groups is 1. The SMILES string of the molecule is N#Cc1cncc(COc2cc(OCc3cccc(-c4ccccc4)c3C(F)(F)F)ccc2CN[C@@H](CO)C(=O)O)c1. The van der Waals surface area contributed by atoms with Crippen LogP contribution in [0, 0.1) is 11.3 Å². The lowest BCUT2D eigenvalue weighted by atomic mass is 9.95. The van der Waals surface area contributed by atoms with E-state index in [1.807, 2.05) is 6.07 Å². The summed E-state index contributed by atoms with van der Waals surface area (Å²) in [6.07, 6.45) is -1.71.